The lowest BCUT2D eigenvalue weighted by atomic mass is 9.78. The highest BCUT2D eigenvalue weighted by Gasteiger charge is 2.34. The van der Waals surface area contributed by atoms with E-state index in [1.807, 2.05) is 0 Å². The van der Waals surface area contributed by atoms with Gasteiger partial charge in [-0.1, -0.05) is 38.1 Å². The van der Waals surface area contributed by atoms with Gasteiger partial charge in [0.2, 0.25) is 0 Å². The van der Waals surface area contributed by atoms with Crippen molar-refractivity contribution in [2.45, 2.75) is 63.6 Å². The molecule has 2 heteroatoms. The summed E-state index contributed by atoms with van der Waals surface area (Å²) >= 11 is 0. The van der Waals surface area contributed by atoms with Gasteiger partial charge in [0, 0.05) is 0 Å². The van der Waals surface area contributed by atoms with Crippen LogP contribution in [0, 0.1) is 0 Å². The third-order valence-electron chi connectivity index (χ3n) is 4.41. The summed E-state index contributed by atoms with van der Waals surface area (Å²) in [6.07, 6.45) is 3.63. The first kappa shape index (κ1) is 13.6. The van der Waals surface area contributed by atoms with Crippen molar-refractivity contribution in [1.29, 1.82) is 0 Å². The van der Waals surface area contributed by atoms with Crippen molar-refractivity contribution < 1.29 is 10.2 Å². The van der Waals surface area contributed by atoms with Crippen molar-refractivity contribution >= 4 is 0 Å². The Kier molecular flexibility index (Phi) is 4.08. The van der Waals surface area contributed by atoms with Crippen molar-refractivity contribution in [3.63, 3.8) is 0 Å². The number of aliphatic hydroxyl groups is 2. The molecule has 2 rings (SSSR count). The average molecular weight is 248 g/mol. The maximum Gasteiger partial charge on any atom is 0.0898 e. The summed E-state index contributed by atoms with van der Waals surface area (Å²) in [4.78, 5) is 0. The molecular weight excluding hydrogens is 224 g/mol. The van der Waals surface area contributed by atoms with Crippen LogP contribution in [-0.2, 0) is 5.60 Å². The fourth-order valence-corrected chi connectivity index (χ4v) is 2.73. The molecule has 0 heterocycles. The highest BCUT2D eigenvalue weighted by atomic mass is 16.3. The van der Waals surface area contributed by atoms with Crippen molar-refractivity contribution in [2.24, 2.45) is 0 Å². The first-order valence-electron chi connectivity index (χ1n) is 7.06. The minimum Gasteiger partial charge on any atom is -0.393 e. The zero-order valence-electron chi connectivity index (χ0n) is 11.4. The molecule has 1 aromatic rings. The van der Waals surface area contributed by atoms with Crippen LogP contribution in [0.15, 0.2) is 24.3 Å². The fraction of sp³-hybridized carbons (Fsp3) is 0.625. The minimum absolute atomic E-state index is 0.232. The third-order valence-corrected chi connectivity index (χ3v) is 4.41. The van der Waals surface area contributed by atoms with Crippen LogP contribution in [0.25, 0.3) is 0 Å². The molecule has 2 N–H and O–H groups in total. The second kappa shape index (κ2) is 5.41. The number of hydrogen-bond donors (Lipinski definition) is 2. The molecule has 0 saturated heterocycles. The van der Waals surface area contributed by atoms with Crippen LogP contribution in [0.3, 0.4) is 0 Å². The van der Waals surface area contributed by atoms with E-state index < -0.39 is 5.60 Å². The SMILES string of the molecule is CCC(C)c1ccc(C2(O)CCC(O)CC2)cc1. The molecule has 1 aliphatic carbocycles. The van der Waals surface area contributed by atoms with E-state index in [0.717, 1.165) is 12.0 Å². The Bertz CT molecular complexity index is 375. The molecule has 100 valence electrons. The maximum absolute atomic E-state index is 10.6. The standard InChI is InChI=1S/C16H24O2/c1-3-12(2)13-4-6-14(7-5-13)16(18)10-8-15(17)9-11-16/h4-7,12,15,17-18H,3,8-11H2,1-2H3. The Morgan fingerprint density at radius 3 is 2.28 bits per heavy atom. The van der Waals surface area contributed by atoms with Crippen LogP contribution < -0.4 is 0 Å². The van der Waals surface area contributed by atoms with E-state index in [1.54, 1.807) is 0 Å². The summed E-state index contributed by atoms with van der Waals surface area (Å²) in [5.41, 5.74) is 1.61. The molecule has 1 aliphatic rings. The third kappa shape index (κ3) is 2.76. The molecule has 0 bridgehead atoms. The van der Waals surface area contributed by atoms with E-state index >= 15 is 0 Å². The quantitative estimate of drug-likeness (QED) is 0.861. The molecule has 1 unspecified atom stereocenters. The zero-order valence-corrected chi connectivity index (χ0v) is 11.4. The second-order valence-corrected chi connectivity index (χ2v) is 5.69. The summed E-state index contributed by atoms with van der Waals surface area (Å²) in [6.45, 7) is 4.41. The van der Waals surface area contributed by atoms with Crippen molar-refractivity contribution in [3.05, 3.63) is 35.4 Å². The van der Waals surface area contributed by atoms with E-state index in [-0.39, 0.29) is 6.10 Å². The predicted octanol–water partition coefficient (Wildman–Crippen LogP) is 3.32. The molecule has 0 radical (unpaired) electrons. The smallest absolute Gasteiger partial charge is 0.0898 e. The maximum atomic E-state index is 10.6. The van der Waals surface area contributed by atoms with Crippen LogP contribution in [0.5, 0.6) is 0 Å². The van der Waals surface area contributed by atoms with Crippen LogP contribution in [-0.4, -0.2) is 16.3 Å². The number of aliphatic hydroxyl groups excluding tert-OH is 1. The summed E-state index contributed by atoms with van der Waals surface area (Å²) in [5.74, 6) is 0.571. The number of rotatable bonds is 3. The van der Waals surface area contributed by atoms with Gasteiger partial charge in [-0.2, -0.15) is 0 Å². The van der Waals surface area contributed by atoms with Gasteiger partial charge in [-0.05, 0) is 49.1 Å². The predicted molar refractivity (Wildman–Crippen MR) is 73.5 cm³/mol. The number of benzene rings is 1. The van der Waals surface area contributed by atoms with E-state index in [4.69, 9.17) is 0 Å². The Balaban J connectivity index is 2.14. The van der Waals surface area contributed by atoms with Gasteiger partial charge in [0.15, 0.2) is 0 Å². The molecule has 0 aromatic heterocycles. The first-order chi connectivity index (χ1) is 8.55. The van der Waals surface area contributed by atoms with Gasteiger partial charge < -0.3 is 10.2 Å². The molecule has 1 atom stereocenters. The van der Waals surface area contributed by atoms with Crippen LogP contribution >= 0.6 is 0 Å². The van der Waals surface area contributed by atoms with Gasteiger partial charge in [0.25, 0.3) is 0 Å². The van der Waals surface area contributed by atoms with Crippen molar-refractivity contribution in [3.8, 4) is 0 Å². The van der Waals surface area contributed by atoms with Crippen molar-refractivity contribution in [1.82, 2.24) is 0 Å². The van der Waals surface area contributed by atoms with E-state index in [2.05, 4.69) is 38.1 Å². The van der Waals surface area contributed by atoms with Gasteiger partial charge in [0.05, 0.1) is 11.7 Å². The highest BCUT2D eigenvalue weighted by Crippen LogP contribution is 2.37. The van der Waals surface area contributed by atoms with Gasteiger partial charge in [0.1, 0.15) is 0 Å². The average Bonchev–Trinajstić information content (AvgIpc) is 2.41. The molecule has 1 saturated carbocycles. The largest absolute Gasteiger partial charge is 0.393 e. The van der Waals surface area contributed by atoms with Crippen LogP contribution in [0.1, 0.15) is 63.0 Å². The summed E-state index contributed by atoms with van der Waals surface area (Å²) in [6, 6.07) is 8.37. The van der Waals surface area contributed by atoms with Gasteiger partial charge >= 0.3 is 0 Å². The monoisotopic (exact) mass is 248 g/mol. The minimum atomic E-state index is -0.729. The van der Waals surface area contributed by atoms with E-state index in [1.165, 1.54) is 5.56 Å². The normalized spacial score (nSPS) is 30.1. The van der Waals surface area contributed by atoms with E-state index in [9.17, 15) is 10.2 Å². The number of hydrogen-bond acceptors (Lipinski definition) is 2. The second-order valence-electron chi connectivity index (χ2n) is 5.69. The van der Waals surface area contributed by atoms with Gasteiger partial charge in [-0.15, -0.1) is 0 Å². The zero-order chi connectivity index (χ0) is 13.2. The molecule has 0 spiro atoms. The Morgan fingerprint density at radius 1 is 1.22 bits per heavy atom. The Labute approximate surface area is 110 Å². The molecule has 18 heavy (non-hydrogen) atoms. The molecule has 2 nitrogen and oxygen atoms in total. The van der Waals surface area contributed by atoms with Gasteiger partial charge in [-0.25, -0.2) is 0 Å². The van der Waals surface area contributed by atoms with E-state index in [0.29, 0.717) is 31.6 Å². The topological polar surface area (TPSA) is 40.5 Å². The van der Waals surface area contributed by atoms with Crippen LogP contribution in [0.4, 0.5) is 0 Å². The molecule has 0 aliphatic heterocycles. The molecular formula is C16H24O2. The van der Waals surface area contributed by atoms with Crippen molar-refractivity contribution in [2.75, 3.05) is 0 Å². The van der Waals surface area contributed by atoms with Gasteiger partial charge in [-0.3, -0.25) is 0 Å². The lowest BCUT2D eigenvalue weighted by Gasteiger charge is -2.34. The Morgan fingerprint density at radius 2 is 1.78 bits per heavy atom. The summed E-state index contributed by atoms with van der Waals surface area (Å²) in [5, 5.41) is 20.2. The highest BCUT2D eigenvalue weighted by molar-refractivity contribution is 5.29. The fourth-order valence-electron chi connectivity index (χ4n) is 2.73. The summed E-state index contributed by atoms with van der Waals surface area (Å²) in [7, 11) is 0. The molecule has 0 amide bonds. The molecule has 1 fully saturated rings. The van der Waals surface area contributed by atoms with Crippen LogP contribution in [0.2, 0.25) is 0 Å². The Hall–Kier alpha value is -0.860. The lowest BCUT2D eigenvalue weighted by Crippen LogP contribution is -2.33. The molecule has 1 aromatic carbocycles. The lowest BCUT2D eigenvalue weighted by molar-refractivity contribution is -0.0361. The first-order valence-corrected chi connectivity index (χ1v) is 7.06. The summed E-state index contributed by atoms with van der Waals surface area (Å²) < 4.78 is 0.